The van der Waals surface area contributed by atoms with Gasteiger partial charge in [-0.25, -0.2) is 0 Å². The number of benzene rings is 1. The van der Waals surface area contributed by atoms with Crippen LogP contribution in [0.5, 0.6) is 0 Å². The second kappa shape index (κ2) is 4.30. The molecule has 2 N–H and O–H groups in total. The van der Waals surface area contributed by atoms with Crippen LogP contribution in [0.2, 0.25) is 0 Å². The Bertz CT molecular complexity index is 494. The van der Waals surface area contributed by atoms with E-state index in [1.165, 1.54) is 5.56 Å². The zero-order valence-electron chi connectivity index (χ0n) is 9.54. The number of nitrogens with two attached hydrogens (primary N) is 1. The summed E-state index contributed by atoms with van der Waals surface area (Å²) in [5.74, 6) is 2.36. The molecule has 1 aromatic carbocycles. The zero-order valence-corrected chi connectivity index (χ0v) is 9.54. The summed E-state index contributed by atoms with van der Waals surface area (Å²) in [4.78, 5) is 0. The number of hydrogen-bond acceptors (Lipinski definition) is 4. The Kier molecular flexibility index (Phi) is 2.65. The third-order valence-electron chi connectivity index (χ3n) is 3.18. The SMILES string of the molecule is NCCc1nnc(C2CC2c2ccccc2)o1. The summed E-state index contributed by atoms with van der Waals surface area (Å²) in [5.41, 5.74) is 6.81. The van der Waals surface area contributed by atoms with Crippen LogP contribution in [0.1, 0.15) is 35.6 Å². The van der Waals surface area contributed by atoms with Gasteiger partial charge in [0.15, 0.2) is 0 Å². The van der Waals surface area contributed by atoms with Gasteiger partial charge in [0.2, 0.25) is 11.8 Å². The molecule has 1 saturated carbocycles. The number of rotatable bonds is 4. The molecule has 0 saturated heterocycles. The van der Waals surface area contributed by atoms with E-state index in [4.69, 9.17) is 10.2 Å². The Balaban J connectivity index is 1.71. The third kappa shape index (κ3) is 2.08. The Morgan fingerprint density at radius 3 is 2.76 bits per heavy atom. The van der Waals surface area contributed by atoms with Crippen LogP contribution in [-0.2, 0) is 6.42 Å². The van der Waals surface area contributed by atoms with Gasteiger partial charge in [0.05, 0.1) is 0 Å². The van der Waals surface area contributed by atoms with Gasteiger partial charge < -0.3 is 10.2 Å². The Morgan fingerprint density at radius 1 is 1.18 bits per heavy atom. The number of nitrogens with zero attached hydrogens (tertiary/aromatic N) is 2. The van der Waals surface area contributed by atoms with Crippen LogP contribution >= 0.6 is 0 Å². The van der Waals surface area contributed by atoms with Gasteiger partial charge >= 0.3 is 0 Å². The van der Waals surface area contributed by atoms with Crippen molar-refractivity contribution in [2.45, 2.75) is 24.7 Å². The second-order valence-electron chi connectivity index (χ2n) is 4.43. The third-order valence-corrected chi connectivity index (χ3v) is 3.18. The van der Waals surface area contributed by atoms with Crippen molar-refractivity contribution in [3.63, 3.8) is 0 Å². The van der Waals surface area contributed by atoms with Crippen LogP contribution in [0.3, 0.4) is 0 Å². The quantitative estimate of drug-likeness (QED) is 0.868. The van der Waals surface area contributed by atoms with E-state index in [0.717, 1.165) is 12.3 Å². The summed E-state index contributed by atoms with van der Waals surface area (Å²) in [7, 11) is 0. The molecule has 1 aromatic heterocycles. The van der Waals surface area contributed by atoms with Crippen LogP contribution < -0.4 is 5.73 Å². The molecule has 4 nitrogen and oxygen atoms in total. The van der Waals surface area contributed by atoms with Crippen LogP contribution in [0, 0.1) is 0 Å². The highest BCUT2D eigenvalue weighted by Gasteiger charge is 2.43. The molecule has 0 aliphatic heterocycles. The Hall–Kier alpha value is -1.68. The van der Waals surface area contributed by atoms with E-state index < -0.39 is 0 Å². The first kappa shape index (κ1) is 10.5. The highest BCUT2D eigenvalue weighted by molar-refractivity contribution is 5.30. The maximum atomic E-state index is 5.60. The molecular formula is C13H15N3O. The zero-order chi connectivity index (χ0) is 11.7. The van der Waals surface area contributed by atoms with Crippen molar-refractivity contribution in [3.05, 3.63) is 47.7 Å². The van der Waals surface area contributed by atoms with E-state index in [2.05, 4.69) is 34.5 Å². The maximum Gasteiger partial charge on any atom is 0.220 e. The molecule has 17 heavy (non-hydrogen) atoms. The minimum Gasteiger partial charge on any atom is -0.425 e. The molecule has 88 valence electrons. The minimum absolute atomic E-state index is 0.399. The monoisotopic (exact) mass is 229 g/mol. The fourth-order valence-corrected chi connectivity index (χ4v) is 2.18. The van der Waals surface area contributed by atoms with E-state index >= 15 is 0 Å². The van der Waals surface area contributed by atoms with Gasteiger partial charge in [-0.15, -0.1) is 10.2 Å². The predicted molar refractivity (Wildman–Crippen MR) is 63.6 cm³/mol. The summed E-state index contributed by atoms with van der Waals surface area (Å²) < 4.78 is 5.60. The van der Waals surface area contributed by atoms with Crippen LogP contribution in [0.15, 0.2) is 34.7 Å². The summed E-state index contributed by atoms with van der Waals surface area (Å²) in [6.07, 6.45) is 1.77. The molecule has 2 aromatic rings. The molecule has 4 heteroatoms. The molecule has 0 spiro atoms. The highest BCUT2D eigenvalue weighted by atomic mass is 16.4. The largest absolute Gasteiger partial charge is 0.425 e. The van der Waals surface area contributed by atoms with Crippen molar-refractivity contribution in [1.82, 2.24) is 10.2 Å². The summed E-state index contributed by atoms with van der Waals surface area (Å²) in [6, 6.07) is 10.5. The lowest BCUT2D eigenvalue weighted by Gasteiger charge is -1.96. The first-order valence-electron chi connectivity index (χ1n) is 5.96. The molecule has 2 atom stereocenters. The van der Waals surface area contributed by atoms with E-state index in [9.17, 15) is 0 Å². The Labute approximate surface area is 99.8 Å². The normalized spacial score (nSPS) is 22.6. The predicted octanol–water partition coefficient (Wildman–Crippen LogP) is 1.84. The average molecular weight is 229 g/mol. The standard InChI is InChI=1S/C13H15N3O/c14-7-6-12-15-16-13(17-12)11-8-10(11)9-4-2-1-3-5-9/h1-5,10-11H,6-8,14H2. The maximum absolute atomic E-state index is 5.60. The molecule has 0 radical (unpaired) electrons. The van der Waals surface area contributed by atoms with Crippen LogP contribution in [0.4, 0.5) is 0 Å². The molecular weight excluding hydrogens is 214 g/mol. The van der Waals surface area contributed by atoms with Gasteiger partial charge in [0.1, 0.15) is 0 Å². The van der Waals surface area contributed by atoms with E-state index in [1.807, 2.05) is 6.07 Å². The lowest BCUT2D eigenvalue weighted by atomic mass is 10.1. The van der Waals surface area contributed by atoms with Crippen molar-refractivity contribution in [2.75, 3.05) is 6.54 Å². The minimum atomic E-state index is 0.399. The van der Waals surface area contributed by atoms with Crippen molar-refractivity contribution < 1.29 is 4.42 Å². The molecule has 3 rings (SSSR count). The molecule has 0 amide bonds. The fourth-order valence-electron chi connectivity index (χ4n) is 2.18. The van der Waals surface area contributed by atoms with Gasteiger partial charge in [-0.05, 0) is 17.9 Å². The van der Waals surface area contributed by atoms with Gasteiger partial charge in [-0.1, -0.05) is 30.3 Å². The molecule has 1 fully saturated rings. The molecule has 1 aliphatic carbocycles. The van der Waals surface area contributed by atoms with Crippen molar-refractivity contribution >= 4 is 0 Å². The van der Waals surface area contributed by atoms with Crippen molar-refractivity contribution in [1.29, 1.82) is 0 Å². The highest BCUT2D eigenvalue weighted by Crippen LogP contribution is 2.53. The van der Waals surface area contributed by atoms with E-state index in [1.54, 1.807) is 0 Å². The smallest absolute Gasteiger partial charge is 0.220 e. The fraction of sp³-hybridized carbons (Fsp3) is 0.385. The van der Waals surface area contributed by atoms with Gasteiger partial charge in [-0.2, -0.15) is 0 Å². The molecule has 1 heterocycles. The molecule has 1 aliphatic rings. The second-order valence-corrected chi connectivity index (χ2v) is 4.43. The number of hydrogen-bond donors (Lipinski definition) is 1. The lowest BCUT2D eigenvalue weighted by molar-refractivity contribution is 0.450. The Morgan fingerprint density at radius 2 is 2.00 bits per heavy atom. The topological polar surface area (TPSA) is 64.9 Å². The van der Waals surface area contributed by atoms with E-state index in [0.29, 0.717) is 30.7 Å². The first-order chi connectivity index (χ1) is 8.38. The van der Waals surface area contributed by atoms with Crippen LogP contribution in [0.25, 0.3) is 0 Å². The number of aromatic nitrogens is 2. The van der Waals surface area contributed by atoms with Crippen molar-refractivity contribution in [3.8, 4) is 0 Å². The molecule has 2 unspecified atom stereocenters. The van der Waals surface area contributed by atoms with Crippen LogP contribution in [-0.4, -0.2) is 16.7 Å². The molecule has 0 bridgehead atoms. The van der Waals surface area contributed by atoms with Gasteiger partial charge in [0, 0.05) is 18.9 Å². The lowest BCUT2D eigenvalue weighted by Crippen LogP contribution is -2.02. The summed E-state index contributed by atoms with van der Waals surface area (Å²) in [5, 5.41) is 8.10. The summed E-state index contributed by atoms with van der Waals surface area (Å²) in [6.45, 7) is 0.550. The van der Waals surface area contributed by atoms with Gasteiger partial charge in [0.25, 0.3) is 0 Å². The first-order valence-corrected chi connectivity index (χ1v) is 5.96. The van der Waals surface area contributed by atoms with Crippen molar-refractivity contribution in [2.24, 2.45) is 5.73 Å². The summed E-state index contributed by atoms with van der Waals surface area (Å²) >= 11 is 0. The van der Waals surface area contributed by atoms with E-state index in [-0.39, 0.29) is 0 Å². The van der Waals surface area contributed by atoms with Gasteiger partial charge in [-0.3, -0.25) is 0 Å². The average Bonchev–Trinajstić information content (AvgIpc) is 3.04.